The van der Waals surface area contributed by atoms with Crippen molar-refractivity contribution in [3.8, 4) is 0 Å². The molecule has 0 saturated carbocycles. The smallest absolute Gasteiger partial charge is 0.255 e. The molecule has 0 radical (unpaired) electrons. The molecule has 5 rings (SSSR count). The second kappa shape index (κ2) is 8.16. The Morgan fingerprint density at radius 1 is 1.12 bits per heavy atom. The summed E-state index contributed by atoms with van der Waals surface area (Å²) in [5, 5.41) is 2.36. The van der Waals surface area contributed by atoms with E-state index in [9.17, 15) is 14.4 Å². The Balaban J connectivity index is 1.23. The Morgan fingerprint density at radius 2 is 1.91 bits per heavy atom. The van der Waals surface area contributed by atoms with E-state index in [1.54, 1.807) is 4.90 Å². The summed E-state index contributed by atoms with van der Waals surface area (Å²) in [6, 6.07) is 5.59. The fourth-order valence-electron chi connectivity index (χ4n) is 5.29. The Labute approximate surface area is 187 Å². The number of imidazole rings is 1. The molecule has 1 unspecified atom stereocenters. The summed E-state index contributed by atoms with van der Waals surface area (Å²) in [5.41, 5.74) is 4.00. The number of carbonyl (C=O) groups excluding carboxylic acids is 3. The SMILES string of the molecule is Cc1cn(C)c(CN2CCC(c3ccc4c(c3)CN(C3CCC(=O)NC3=O)C4=O)CC2)n1. The molecule has 3 amide bonds. The molecule has 8 nitrogen and oxygen atoms in total. The van der Waals surface area contributed by atoms with Gasteiger partial charge in [-0.15, -0.1) is 0 Å². The summed E-state index contributed by atoms with van der Waals surface area (Å²) in [6.45, 7) is 5.38. The third-order valence-electron chi connectivity index (χ3n) is 7.06. The molecule has 168 valence electrons. The molecule has 8 heteroatoms. The molecular weight excluding hydrogens is 406 g/mol. The number of hydrogen-bond acceptors (Lipinski definition) is 5. The standard InChI is InChI=1S/C24H29N5O3/c1-15-12-27(2)21(25-15)14-28-9-7-16(8-10-28)17-3-4-19-18(11-17)13-29(24(19)32)20-5-6-22(30)26-23(20)31/h3-4,11-12,16,20H,5-10,13-14H2,1-2H3,(H,26,30,31). The molecule has 1 N–H and O–H groups in total. The summed E-state index contributed by atoms with van der Waals surface area (Å²) in [7, 11) is 2.05. The zero-order chi connectivity index (χ0) is 22.4. The molecule has 3 aliphatic heterocycles. The van der Waals surface area contributed by atoms with Gasteiger partial charge in [0.15, 0.2) is 0 Å². The Bertz CT molecular complexity index is 1080. The van der Waals surface area contributed by atoms with Gasteiger partial charge in [-0.05, 0) is 62.4 Å². The van der Waals surface area contributed by atoms with E-state index >= 15 is 0 Å². The predicted molar refractivity (Wildman–Crippen MR) is 118 cm³/mol. The van der Waals surface area contributed by atoms with Crippen molar-refractivity contribution in [1.29, 1.82) is 0 Å². The van der Waals surface area contributed by atoms with Crippen LogP contribution in [-0.2, 0) is 29.7 Å². The van der Waals surface area contributed by atoms with E-state index in [4.69, 9.17) is 0 Å². The quantitative estimate of drug-likeness (QED) is 0.741. The number of nitrogens with zero attached hydrogens (tertiary/aromatic N) is 4. The molecule has 32 heavy (non-hydrogen) atoms. The van der Waals surface area contributed by atoms with Crippen molar-refractivity contribution in [2.24, 2.45) is 7.05 Å². The van der Waals surface area contributed by atoms with Gasteiger partial charge in [-0.3, -0.25) is 24.6 Å². The molecule has 2 aromatic rings. The number of likely N-dealkylation sites (tertiary alicyclic amines) is 1. The molecular formula is C24H29N5O3. The summed E-state index contributed by atoms with van der Waals surface area (Å²) >= 11 is 0. The molecule has 1 aromatic heterocycles. The van der Waals surface area contributed by atoms with Gasteiger partial charge >= 0.3 is 0 Å². The molecule has 1 aromatic carbocycles. The van der Waals surface area contributed by atoms with Crippen LogP contribution >= 0.6 is 0 Å². The number of nitrogens with one attached hydrogen (secondary N) is 1. The monoisotopic (exact) mass is 435 g/mol. The van der Waals surface area contributed by atoms with Crippen LogP contribution in [0.2, 0.25) is 0 Å². The van der Waals surface area contributed by atoms with E-state index in [2.05, 4.69) is 38.1 Å². The van der Waals surface area contributed by atoms with Crippen molar-refractivity contribution in [3.63, 3.8) is 0 Å². The highest BCUT2D eigenvalue weighted by molar-refractivity contribution is 6.05. The van der Waals surface area contributed by atoms with E-state index < -0.39 is 6.04 Å². The lowest BCUT2D eigenvalue weighted by Crippen LogP contribution is -2.52. The second-order valence-corrected chi connectivity index (χ2v) is 9.28. The summed E-state index contributed by atoms with van der Waals surface area (Å²) < 4.78 is 2.10. The molecule has 0 spiro atoms. The van der Waals surface area contributed by atoms with Gasteiger partial charge in [0, 0.05) is 31.8 Å². The van der Waals surface area contributed by atoms with Crippen LogP contribution in [0.1, 0.15) is 64.6 Å². The number of aryl methyl sites for hydroxylation is 2. The van der Waals surface area contributed by atoms with Crippen LogP contribution in [0.4, 0.5) is 0 Å². The lowest BCUT2D eigenvalue weighted by Gasteiger charge is -2.32. The fraction of sp³-hybridized carbons (Fsp3) is 0.500. The fourth-order valence-corrected chi connectivity index (χ4v) is 5.29. The first-order valence-corrected chi connectivity index (χ1v) is 11.4. The highest BCUT2D eigenvalue weighted by Gasteiger charge is 2.39. The highest BCUT2D eigenvalue weighted by atomic mass is 16.2. The maximum atomic E-state index is 12.9. The second-order valence-electron chi connectivity index (χ2n) is 9.28. The van der Waals surface area contributed by atoms with Gasteiger partial charge in [-0.1, -0.05) is 12.1 Å². The molecule has 1 atom stereocenters. The van der Waals surface area contributed by atoms with Crippen molar-refractivity contribution in [2.45, 2.75) is 57.7 Å². The highest BCUT2D eigenvalue weighted by Crippen LogP contribution is 2.33. The molecule has 4 heterocycles. The molecule has 0 aliphatic carbocycles. The van der Waals surface area contributed by atoms with Crippen LogP contribution in [0, 0.1) is 6.92 Å². The average molecular weight is 436 g/mol. The Hall–Kier alpha value is -3.00. The third kappa shape index (κ3) is 3.83. The van der Waals surface area contributed by atoms with E-state index in [-0.39, 0.29) is 24.1 Å². The number of rotatable bonds is 4. The van der Waals surface area contributed by atoms with E-state index in [0.717, 1.165) is 49.6 Å². The van der Waals surface area contributed by atoms with Gasteiger partial charge in [0.2, 0.25) is 11.8 Å². The summed E-state index contributed by atoms with van der Waals surface area (Å²) in [6.07, 6.45) is 4.88. The molecule has 0 bridgehead atoms. The summed E-state index contributed by atoms with van der Waals surface area (Å²) in [4.78, 5) is 45.3. The van der Waals surface area contributed by atoms with Crippen LogP contribution in [0.25, 0.3) is 0 Å². The number of fused-ring (bicyclic) bond motifs is 1. The Morgan fingerprint density at radius 3 is 2.59 bits per heavy atom. The first kappa shape index (κ1) is 20.9. The first-order chi connectivity index (χ1) is 15.4. The molecule has 3 aliphatic rings. The van der Waals surface area contributed by atoms with Gasteiger partial charge in [0.25, 0.3) is 5.91 Å². The predicted octanol–water partition coefficient (Wildman–Crippen LogP) is 1.87. The first-order valence-electron chi connectivity index (χ1n) is 11.4. The van der Waals surface area contributed by atoms with Crippen LogP contribution in [-0.4, -0.2) is 56.2 Å². The number of hydrogen-bond donors (Lipinski definition) is 1. The van der Waals surface area contributed by atoms with Gasteiger partial charge in [-0.25, -0.2) is 4.98 Å². The minimum atomic E-state index is -0.561. The summed E-state index contributed by atoms with van der Waals surface area (Å²) in [5.74, 6) is 0.839. The number of benzene rings is 1. The van der Waals surface area contributed by atoms with Crippen LogP contribution in [0.15, 0.2) is 24.4 Å². The number of piperidine rings is 2. The van der Waals surface area contributed by atoms with E-state index in [1.165, 1.54) is 5.56 Å². The number of carbonyl (C=O) groups is 3. The maximum Gasteiger partial charge on any atom is 0.255 e. The number of amides is 3. The van der Waals surface area contributed by atoms with Gasteiger partial charge < -0.3 is 9.47 Å². The third-order valence-corrected chi connectivity index (χ3v) is 7.06. The van der Waals surface area contributed by atoms with Gasteiger partial charge in [-0.2, -0.15) is 0 Å². The molecule has 2 saturated heterocycles. The lowest BCUT2D eigenvalue weighted by molar-refractivity contribution is -0.136. The van der Waals surface area contributed by atoms with Crippen molar-refractivity contribution in [2.75, 3.05) is 13.1 Å². The van der Waals surface area contributed by atoms with Crippen LogP contribution < -0.4 is 5.32 Å². The zero-order valence-electron chi connectivity index (χ0n) is 18.6. The van der Waals surface area contributed by atoms with Crippen molar-refractivity contribution in [3.05, 3.63) is 52.6 Å². The van der Waals surface area contributed by atoms with Gasteiger partial charge in [0.05, 0.1) is 12.2 Å². The normalized spacial score (nSPS) is 22.4. The average Bonchev–Trinajstić information content (AvgIpc) is 3.26. The van der Waals surface area contributed by atoms with Crippen LogP contribution in [0.3, 0.4) is 0 Å². The minimum absolute atomic E-state index is 0.110. The minimum Gasteiger partial charge on any atom is -0.337 e. The zero-order valence-corrected chi connectivity index (χ0v) is 18.6. The Kier molecular flexibility index (Phi) is 5.33. The van der Waals surface area contributed by atoms with E-state index in [0.29, 0.717) is 24.4 Å². The largest absolute Gasteiger partial charge is 0.337 e. The van der Waals surface area contributed by atoms with Crippen LogP contribution in [0.5, 0.6) is 0 Å². The number of imide groups is 1. The molecule has 2 fully saturated rings. The lowest BCUT2D eigenvalue weighted by atomic mass is 9.88. The van der Waals surface area contributed by atoms with E-state index in [1.807, 2.05) is 20.0 Å². The van der Waals surface area contributed by atoms with Gasteiger partial charge in [0.1, 0.15) is 11.9 Å². The topological polar surface area (TPSA) is 87.5 Å². The van der Waals surface area contributed by atoms with Crippen molar-refractivity contribution in [1.82, 2.24) is 24.7 Å². The maximum absolute atomic E-state index is 12.9. The van der Waals surface area contributed by atoms with Crippen molar-refractivity contribution >= 4 is 17.7 Å². The number of aromatic nitrogens is 2. The van der Waals surface area contributed by atoms with Crippen molar-refractivity contribution < 1.29 is 14.4 Å².